The minimum absolute atomic E-state index is 0.0398. The zero-order valence-electron chi connectivity index (χ0n) is 22.8. The zero-order valence-corrected chi connectivity index (χ0v) is 22.8. The van der Waals surface area contributed by atoms with Crippen LogP contribution in [0, 0.1) is 20.2 Å². The largest absolute Gasteiger partial charge is 0.493 e. The van der Waals surface area contributed by atoms with Crippen LogP contribution in [0.4, 0.5) is 11.4 Å². The van der Waals surface area contributed by atoms with E-state index in [0.717, 1.165) is 28.7 Å². The molecule has 0 spiro atoms. The lowest BCUT2D eigenvalue weighted by atomic mass is 10.1. The number of carbonyl (C=O) groups excluding carboxylic acids is 2. The van der Waals surface area contributed by atoms with E-state index in [1.54, 1.807) is 24.3 Å². The molecule has 0 bridgehead atoms. The molecular formula is C27H30N4O10. The molecule has 2 amide bonds. The Balaban J connectivity index is 1.86. The van der Waals surface area contributed by atoms with Gasteiger partial charge < -0.3 is 28.4 Å². The van der Waals surface area contributed by atoms with Gasteiger partial charge in [-0.2, -0.15) is 0 Å². The number of amides is 2. The van der Waals surface area contributed by atoms with Gasteiger partial charge in [-0.1, -0.05) is 6.07 Å². The Kier molecular flexibility index (Phi) is 10.7. The number of nitro benzene ring substituents is 2. The van der Waals surface area contributed by atoms with Gasteiger partial charge in [0.05, 0.1) is 55.1 Å². The number of rotatable bonds is 15. The highest BCUT2D eigenvalue weighted by Crippen LogP contribution is 2.28. The maximum absolute atomic E-state index is 13.6. The number of hydrogen-bond acceptors (Lipinski definition) is 10. The summed E-state index contributed by atoms with van der Waals surface area (Å²) in [6.45, 7) is -0.0235. The monoisotopic (exact) mass is 570 g/mol. The van der Waals surface area contributed by atoms with E-state index in [1.165, 1.54) is 32.5 Å². The highest BCUT2D eigenvalue weighted by molar-refractivity contribution is 5.97. The van der Waals surface area contributed by atoms with Crippen LogP contribution in [0.3, 0.4) is 0 Å². The van der Waals surface area contributed by atoms with Crippen molar-refractivity contribution in [2.24, 2.45) is 0 Å². The molecule has 1 aromatic heterocycles. The van der Waals surface area contributed by atoms with Crippen LogP contribution in [0.25, 0.3) is 0 Å². The Morgan fingerprint density at radius 2 is 1.56 bits per heavy atom. The molecule has 14 nitrogen and oxygen atoms in total. The predicted molar refractivity (Wildman–Crippen MR) is 145 cm³/mol. The van der Waals surface area contributed by atoms with Gasteiger partial charge in [-0.25, -0.2) is 0 Å². The van der Waals surface area contributed by atoms with E-state index in [2.05, 4.69) is 0 Å². The van der Waals surface area contributed by atoms with Gasteiger partial charge in [0.2, 0.25) is 5.91 Å². The minimum atomic E-state index is -0.826. The maximum Gasteiger partial charge on any atom is 0.277 e. The number of carbonyl (C=O) groups is 2. The molecule has 2 aromatic carbocycles. The average Bonchev–Trinajstić information content (AvgIpc) is 3.49. The molecule has 0 fully saturated rings. The first-order valence-electron chi connectivity index (χ1n) is 12.4. The second kappa shape index (κ2) is 14.4. The number of benzene rings is 2. The fraction of sp³-hybridized carbons (Fsp3) is 0.333. The second-order valence-corrected chi connectivity index (χ2v) is 8.81. The van der Waals surface area contributed by atoms with E-state index in [9.17, 15) is 29.8 Å². The summed E-state index contributed by atoms with van der Waals surface area (Å²) in [5, 5.41) is 22.7. The van der Waals surface area contributed by atoms with Gasteiger partial charge in [0.25, 0.3) is 17.3 Å². The second-order valence-electron chi connectivity index (χ2n) is 8.81. The summed E-state index contributed by atoms with van der Waals surface area (Å²) in [4.78, 5) is 50.6. The highest BCUT2D eigenvalue weighted by atomic mass is 16.6. The molecule has 41 heavy (non-hydrogen) atoms. The van der Waals surface area contributed by atoms with Crippen molar-refractivity contribution in [1.82, 2.24) is 9.80 Å². The molecule has 3 rings (SSSR count). The summed E-state index contributed by atoms with van der Waals surface area (Å²) >= 11 is 0. The summed E-state index contributed by atoms with van der Waals surface area (Å²) in [7, 11) is 4.47. The molecule has 0 N–H and O–H groups in total. The Morgan fingerprint density at radius 1 is 0.878 bits per heavy atom. The molecule has 0 aliphatic heterocycles. The van der Waals surface area contributed by atoms with Crippen LogP contribution in [0.15, 0.2) is 59.2 Å². The van der Waals surface area contributed by atoms with Crippen molar-refractivity contribution in [3.8, 4) is 11.5 Å². The molecule has 0 aliphatic rings. The summed E-state index contributed by atoms with van der Waals surface area (Å²) in [6, 6.07) is 11.5. The van der Waals surface area contributed by atoms with Crippen molar-refractivity contribution in [1.29, 1.82) is 0 Å². The smallest absolute Gasteiger partial charge is 0.277 e. The lowest BCUT2D eigenvalue weighted by Crippen LogP contribution is -2.44. The van der Waals surface area contributed by atoms with Gasteiger partial charge >= 0.3 is 0 Å². The van der Waals surface area contributed by atoms with Crippen LogP contribution in [0.2, 0.25) is 0 Å². The van der Waals surface area contributed by atoms with Crippen molar-refractivity contribution in [2.75, 3.05) is 47.6 Å². The normalized spacial score (nSPS) is 10.6. The average molecular weight is 571 g/mol. The van der Waals surface area contributed by atoms with Crippen molar-refractivity contribution in [3.05, 3.63) is 91.9 Å². The minimum Gasteiger partial charge on any atom is -0.493 e. The summed E-state index contributed by atoms with van der Waals surface area (Å²) in [6.07, 6.45) is 1.92. The SMILES string of the molecule is COCCN(CC(=O)N(CCc1ccc(OC)c(OC)c1)Cc1ccco1)C(=O)c1cc([N+](=O)[O-])cc([N+](=O)[O-])c1. The van der Waals surface area contributed by atoms with E-state index in [1.807, 2.05) is 6.07 Å². The van der Waals surface area contributed by atoms with Crippen LogP contribution >= 0.6 is 0 Å². The van der Waals surface area contributed by atoms with Crippen LogP contribution in [0.5, 0.6) is 11.5 Å². The molecule has 0 radical (unpaired) electrons. The van der Waals surface area contributed by atoms with Gasteiger partial charge in [0.15, 0.2) is 11.5 Å². The molecule has 0 aliphatic carbocycles. The number of nitrogens with zero attached hydrogens (tertiary/aromatic N) is 4. The topological polar surface area (TPSA) is 168 Å². The lowest BCUT2D eigenvalue weighted by molar-refractivity contribution is -0.394. The molecule has 3 aromatic rings. The zero-order chi connectivity index (χ0) is 29.9. The molecular weight excluding hydrogens is 540 g/mol. The fourth-order valence-electron chi connectivity index (χ4n) is 4.01. The van der Waals surface area contributed by atoms with Crippen molar-refractivity contribution in [2.45, 2.75) is 13.0 Å². The molecule has 0 atom stereocenters. The first-order chi connectivity index (χ1) is 19.7. The molecule has 0 saturated carbocycles. The van der Waals surface area contributed by atoms with Gasteiger partial charge in [-0.3, -0.25) is 29.8 Å². The maximum atomic E-state index is 13.6. The number of non-ortho nitro benzene ring substituents is 2. The quantitative estimate of drug-likeness (QED) is 0.195. The number of ether oxygens (including phenoxy) is 3. The highest BCUT2D eigenvalue weighted by Gasteiger charge is 2.26. The van der Waals surface area contributed by atoms with Crippen LogP contribution in [0.1, 0.15) is 21.7 Å². The molecule has 0 unspecified atom stereocenters. The third-order valence-electron chi connectivity index (χ3n) is 6.15. The third-order valence-corrected chi connectivity index (χ3v) is 6.15. The first kappa shape index (κ1) is 30.6. The number of nitro groups is 2. The molecule has 0 saturated heterocycles. The van der Waals surface area contributed by atoms with Gasteiger partial charge in [-0.05, 0) is 36.2 Å². The Labute approximate surface area is 235 Å². The standard InChI is InChI=1S/C27H30N4O10/c1-38-12-10-29(27(33)20-14-21(30(34)35)16-22(15-20)31(36)37)18-26(32)28(17-23-5-4-11-41-23)9-8-19-6-7-24(39-2)25(13-19)40-3/h4-7,11,13-16H,8-10,12,17-18H2,1-3H3. The van der Waals surface area contributed by atoms with E-state index < -0.39 is 39.6 Å². The molecule has 218 valence electrons. The summed E-state index contributed by atoms with van der Waals surface area (Å²) in [5.41, 5.74) is -0.654. The Hall–Kier alpha value is -4.98. The van der Waals surface area contributed by atoms with Crippen LogP contribution in [-0.4, -0.2) is 79.0 Å². The molecule has 14 heteroatoms. The van der Waals surface area contributed by atoms with Crippen LogP contribution in [-0.2, 0) is 22.5 Å². The van der Waals surface area contributed by atoms with Crippen molar-refractivity contribution >= 4 is 23.2 Å². The summed E-state index contributed by atoms with van der Waals surface area (Å²) in [5.74, 6) is 0.394. The van der Waals surface area contributed by atoms with Crippen molar-refractivity contribution < 1.29 is 38.1 Å². The van der Waals surface area contributed by atoms with E-state index >= 15 is 0 Å². The van der Waals surface area contributed by atoms with Crippen molar-refractivity contribution in [3.63, 3.8) is 0 Å². The van der Waals surface area contributed by atoms with Crippen LogP contribution < -0.4 is 9.47 Å². The van der Waals surface area contributed by atoms with Gasteiger partial charge in [0.1, 0.15) is 12.3 Å². The lowest BCUT2D eigenvalue weighted by Gasteiger charge is -2.27. The Bertz CT molecular complexity index is 1340. The Morgan fingerprint density at radius 3 is 2.12 bits per heavy atom. The van der Waals surface area contributed by atoms with E-state index in [4.69, 9.17) is 18.6 Å². The predicted octanol–water partition coefficient (Wildman–Crippen LogP) is 3.47. The fourth-order valence-corrected chi connectivity index (χ4v) is 4.01. The van der Waals surface area contributed by atoms with Gasteiger partial charge in [0, 0.05) is 32.3 Å². The van der Waals surface area contributed by atoms with Gasteiger partial charge in [-0.15, -0.1) is 0 Å². The number of hydrogen-bond donors (Lipinski definition) is 0. The van der Waals surface area contributed by atoms with E-state index in [0.29, 0.717) is 23.7 Å². The van der Waals surface area contributed by atoms with E-state index in [-0.39, 0.29) is 31.8 Å². The molecule has 1 heterocycles. The number of furan rings is 1. The number of methoxy groups -OCH3 is 3. The summed E-state index contributed by atoms with van der Waals surface area (Å²) < 4.78 is 21.2. The third kappa shape index (κ3) is 8.25. The first-order valence-corrected chi connectivity index (χ1v) is 12.4.